The molecule has 0 fully saturated rings. The highest BCUT2D eigenvalue weighted by atomic mass is 32.3. The van der Waals surface area contributed by atoms with Crippen molar-refractivity contribution in [1.29, 1.82) is 0 Å². The second-order valence-corrected chi connectivity index (χ2v) is 7.45. The largest absolute Gasteiger partial charge is 0.399 e. The highest BCUT2D eigenvalue weighted by Gasteiger charge is 2.04. The van der Waals surface area contributed by atoms with Gasteiger partial charge in [-0.05, 0) is 75.7 Å². The summed E-state index contributed by atoms with van der Waals surface area (Å²) in [5, 5.41) is 8.89. The summed E-state index contributed by atoms with van der Waals surface area (Å²) >= 11 is 0. The first-order chi connectivity index (χ1) is 14.5. The summed E-state index contributed by atoms with van der Waals surface area (Å²) in [5.74, 6) is 0. The highest BCUT2D eigenvalue weighted by Crippen LogP contribution is 2.20. The number of aliphatic hydroxyl groups is 1. The molecule has 0 aliphatic heterocycles. The number of aryl methyl sites for hydroxylation is 1. The van der Waals surface area contributed by atoms with Crippen molar-refractivity contribution in [2.45, 2.75) is 27.7 Å². The summed E-state index contributed by atoms with van der Waals surface area (Å²) in [6, 6.07) is 13.9. The summed E-state index contributed by atoms with van der Waals surface area (Å²) in [7, 11) is -4.67. The first-order valence-electron chi connectivity index (χ1n) is 9.98. The van der Waals surface area contributed by atoms with Gasteiger partial charge in [-0.25, -0.2) is 0 Å². The molecule has 0 amide bonds. The fourth-order valence-electron chi connectivity index (χ4n) is 2.72. The lowest BCUT2D eigenvalue weighted by Crippen LogP contribution is -2.26. The molecule has 0 aliphatic rings. The van der Waals surface area contributed by atoms with E-state index < -0.39 is 10.4 Å². The molecule has 2 rings (SSSR count). The van der Waals surface area contributed by atoms with Gasteiger partial charge in [-0.3, -0.25) is 9.11 Å². The maximum Gasteiger partial charge on any atom is 0.394 e. The van der Waals surface area contributed by atoms with Crippen LogP contribution in [0.4, 0.5) is 22.7 Å². The van der Waals surface area contributed by atoms with E-state index in [4.69, 9.17) is 34.1 Å². The second kappa shape index (κ2) is 14.5. The molecule has 0 spiro atoms. The Bertz CT molecular complexity index is 849. The Morgan fingerprint density at radius 1 is 0.839 bits per heavy atom. The van der Waals surface area contributed by atoms with Crippen molar-refractivity contribution in [3.63, 3.8) is 0 Å². The maximum absolute atomic E-state index is 8.89. The number of benzene rings is 2. The third-order valence-electron chi connectivity index (χ3n) is 4.39. The van der Waals surface area contributed by atoms with Crippen molar-refractivity contribution in [2.24, 2.45) is 0 Å². The SMILES string of the molecule is CCN(CC)c1ccc(N)cc1.CCN(CCO)c1ccc(N)c(C)c1.O=S(=O)(O)O. The van der Waals surface area contributed by atoms with Gasteiger partial charge >= 0.3 is 10.4 Å². The Morgan fingerprint density at radius 3 is 1.68 bits per heavy atom. The monoisotopic (exact) mass is 456 g/mol. The zero-order valence-corrected chi connectivity index (χ0v) is 19.5. The Labute approximate surface area is 185 Å². The van der Waals surface area contributed by atoms with Crippen LogP contribution in [0.1, 0.15) is 26.3 Å². The molecule has 31 heavy (non-hydrogen) atoms. The zero-order chi connectivity index (χ0) is 24.0. The lowest BCUT2D eigenvalue weighted by molar-refractivity contribution is 0.302. The van der Waals surface area contributed by atoms with Crippen LogP contribution in [0.2, 0.25) is 0 Å². The molecule has 0 heterocycles. The molecule has 0 aromatic heterocycles. The smallest absolute Gasteiger partial charge is 0.394 e. The summed E-state index contributed by atoms with van der Waals surface area (Å²) < 4.78 is 31.6. The minimum atomic E-state index is -4.67. The van der Waals surface area contributed by atoms with Crippen molar-refractivity contribution in [2.75, 3.05) is 54.1 Å². The molecular formula is C21H36N4O5S. The van der Waals surface area contributed by atoms with Gasteiger partial charge in [0.1, 0.15) is 0 Å². The first kappa shape index (κ1) is 28.5. The summed E-state index contributed by atoms with van der Waals surface area (Å²) in [6.45, 7) is 12.2. The maximum atomic E-state index is 8.89. The lowest BCUT2D eigenvalue weighted by Gasteiger charge is -2.22. The van der Waals surface area contributed by atoms with Crippen LogP contribution in [-0.2, 0) is 10.4 Å². The van der Waals surface area contributed by atoms with Crippen LogP contribution in [0.3, 0.4) is 0 Å². The third-order valence-corrected chi connectivity index (χ3v) is 4.39. The van der Waals surface area contributed by atoms with E-state index in [0.717, 1.165) is 42.3 Å². The number of likely N-dealkylation sites (N-methyl/N-ethyl adjacent to an activating group) is 1. The summed E-state index contributed by atoms with van der Waals surface area (Å²) in [5.41, 5.74) is 16.4. The molecule has 10 heteroatoms. The Hall–Kier alpha value is -2.53. The average molecular weight is 457 g/mol. The number of aliphatic hydroxyl groups excluding tert-OH is 1. The average Bonchev–Trinajstić information content (AvgIpc) is 2.70. The number of nitrogens with two attached hydrogens (primary N) is 2. The standard InChI is InChI=1S/C11H18N2O.C10H16N2.H2O4S/c1-3-13(6-7-14)10-4-5-11(12)9(2)8-10;1-3-12(4-2)10-7-5-9(11)6-8-10;1-5(2,3)4/h4-5,8,14H,3,6-7,12H2,1-2H3;5-8H,3-4,11H2,1-2H3;(H2,1,2,3,4). The minimum Gasteiger partial charge on any atom is -0.399 e. The Morgan fingerprint density at radius 2 is 1.29 bits per heavy atom. The van der Waals surface area contributed by atoms with Crippen molar-refractivity contribution < 1.29 is 22.6 Å². The fourth-order valence-corrected chi connectivity index (χ4v) is 2.72. The predicted molar refractivity (Wildman–Crippen MR) is 129 cm³/mol. The van der Waals surface area contributed by atoms with Gasteiger partial charge in [-0.2, -0.15) is 8.42 Å². The number of hydrogen-bond acceptors (Lipinski definition) is 7. The topological polar surface area (TPSA) is 153 Å². The van der Waals surface area contributed by atoms with E-state index in [0.29, 0.717) is 6.54 Å². The van der Waals surface area contributed by atoms with Gasteiger partial charge in [0.25, 0.3) is 0 Å². The van der Waals surface area contributed by atoms with Crippen molar-refractivity contribution in [3.8, 4) is 0 Å². The molecule has 0 saturated carbocycles. The molecule has 0 radical (unpaired) electrons. The van der Waals surface area contributed by atoms with Gasteiger partial charge in [-0.1, -0.05) is 0 Å². The Kier molecular flexibility index (Phi) is 13.3. The summed E-state index contributed by atoms with van der Waals surface area (Å²) in [4.78, 5) is 4.41. The van der Waals surface area contributed by atoms with Gasteiger partial charge in [-0.15, -0.1) is 0 Å². The van der Waals surface area contributed by atoms with E-state index in [1.165, 1.54) is 5.69 Å². The van der Waals surface area contributed by atoms with Crippen LogP contribution >= 0.6 is 0 Å². The molecule has 0 atom stereocenters. The van der Waals surface area contributed by atoms with Crippen LogP contribution in [0.5, 0.6) is 0 Å². The molecule has 0 bridgehead atoms. The van der Waals surface area contributed by atoms with E-state index in [1.807, 2.05) is 31.2 Å². The van der Waals surface area contributed by atoms with E-state index in [-0.39, 0.29) is 6.61 Å². The Balaban J connectivity index is 0.000000483. The summed E-state index contributed by atoms with van der Waals surface area (Å²) in [6.07, 6.45) is 0. The highest BCUT2D eigenvalue weighted by molar-refractivity contribution is 7.79. The van der Waals surface area contributed by atoms with Crippen molar-refractivity contribution in [1.82, 2.24) is 0 Å². The van der Waals surface area contributed by atoms with E-state index >= 15 is 0 Å². The van der Waals surface area contributed by atoms with Gasteiger partial charge in [0.15, 0.2) is 0 Å². The van der Waals surface area contributed by atoms with E-state index in [1.54, 1.807) is 0 Å². The van der Waals surface area contributed by atoms with E-state index in [2.05, 4.69) is 48.8 Å². The van der Waals surface area contributed by atoms with Crippen LogP contribution in [0.15, 0.2) is 42.5 Å². The molecule has 2 aromatic rings. The van der Waals surface area contributed by atoms with Gasteiger partial charge in [0.2, 0.25) is 0 Å². The molecule has 2 aromatic carbocycles. The van der Waals surface area contributed by atoms with Crippen LogP contribution in [0, 0.1) is 6.92 Å². The second-order valence-electron chi connectivity index (χ2n) is 6.56. The number of hydrogen-bond donors (Lipinski definition) is 5. The lowest BCUT2D eigenvalue weighted by atomic mass is 10.1. The molecule has 176 valence electrons. The molecule has 0 aliphatic carbocycles. The van der Waals surface area contributed by atoms with E-state index in [9.17, 15) is 0 Å². The minimum absolute atomic E-state index is 0.178. The van der Waals surface area contributed by atoms with Crippen LogP contribution in [0.25, 0.3) is 0 Å². The molecule has 9 nitrogen and oxygen atoms in total. The number of nitrogens with zero attached hydrogens (tertiary/aromatic N) is 2. The quantitative estimate of drug-likeness (QED) is 0.312. The van der Waals surface area contributed by atoms with Crippen LogP contribution < -0.4 is 21.3 Å². The molecular weight excluding hydrogens is 420 g/mol. The number of nitrogen functional groups attached to an aromatic ring is 2. The normalized spacial score (nSPS) is 10.3. The number of anilines is 4. The fraction of sp³-hybridized carbons (Fsp3) is 0.429. The first-order valence-corrected chi connectivity index (χ1v) is 11.4. The van der Waals surface area contributed by atoms with Gasteiger partial charge in [0.05, 0.1) is 6.61 Å². The third kappa shape index (κ3) is 12.7. The predicted octanol–water partition coefficient (Wildman–Crippen LogP) is 2.86. The van der Waals surface area contributed by atoms with Gasteiger partial charge in [0, 0.05) is 48.9 Å². The van der Waals surface area contributed by atoms with Crippen molar-refractivity contribution in [3.05, 3.63) is 48.0 Å². The number of rotatable bonds is 7. The molecule has 0 saturated heterocycles. The molecule has 7 N–H and O–H groups in total. The zero-order valence-electron chi connectivity index (χ0n) is 18.7. The molecule has 0 unspecified atom stereocenters. The van der Waals surface area contributed by atoms with Crippen LogP contribution in [-0.4, -0.2) is 55.4 Å². The van der Waals surface area contributed by atoms with Crippen molar-refractivity contribution >= 4 is 33.1 Å². The van der Waals surface area contributed by atoms with Gasteiger partial charge < -0.3 is 26.4 Å².